The van der Waals surface area contributed by atoms with Crippen LogP contribution in [0, 0.1) is 0 Å². The number of fused-ring (bicyclic) bond motifs is 1. The Hall–Kier alpha value is -4.66. The van der Waals surface area contributed by atoms with Gasteiger partial charge in [0.15, 0.2) is 0 Å². The van der Waals surface area contributed by atoms with E-state index in [0.717, 1.165) is 31.2 Å². The monoisotopic (exact) mass is 599 g/mol. The zero-order valence-corrected chi connectivity index (χ0v) is 25.5. The van der Waals surface area contributed by atoms with E-state index in [9.17, 15) is 19.2 Å². The number of piperidine rings is 1. The number of aliphatic carboxylic acids is 1. The van der Waals surface area contributed by atoms with Gasteiger partial charge in [0.05, 0.1) is 18.6 Å². The average molecular weight is 600 g/mol. The van der Waals surface area contributed by atoms with Crippen molar-refractivity contribution in [3.8, 4) is 5.75 Å². The molecule has 232 valence electrons. The molecule has 9 heteroatoms. The van der Waals surface area contributed by atoms with E-state index >= 15 is 0 Å². The number of nitrogens with zero attached hydrogens (tertiary/aromatic N) is 1. The van der Waals surface area contributed by atoms with Crippen LogP contribution in [0.15, 0.2) is 78.9 Å². The summed E-state index contributed by atoms with van der Waals surface area (Å²) in [4.78, 5) is 47.9. The highest BCUT2D eigenvalue weighted by Gasteiger charge is 2.41. The number of likely N-dealkylation sites (tertiary alicyclic amines) is 1. The molecular formula is C35H41N3O6. The second-order valence-electron chi connectivity index (χ2n) is 11.5. The van der Waals surface area contributed by atoms with Crippen LogP contribution >= 0.6 is 0 Å². The fourth-order valence-electron chi connectivity index (χ4n) is 6.12. The minimum absolute atomic E-state index is 0.0477. The van der Waals surface area contributed by atoms with Gasteiger partial charge in [0.25, 0.3) is 5.91 Å². The lowest BCUT2D eigenvalue weighted by molar-refractivity contribution is -0.140. The van der Waals surface area contributed by atoms with Crippen molar-refractivity contribution in [3.05, 3.63) is 101 Å². The standard InChI is InChI=1S/C31H34N2O3.C4H7NO3/c1-31(22-10-4-3-5-11-22)19-16-25(24-12-6-8-14-27(24)31)30(35)33-20-17-23(18-21-33)32-29(34)26-13-7-9-15-28(26)36-2;1-3(4(7)8)5-2-6/h3-15,23,25H,16-21H2,1-2H3,(H,32,34);2-3H,1H3,(H,5,6)(H,7,8)/t25-,31-;3-/m00/s1. The molecule has 3 amide bonds. The number of carboxylic acid groups (broad SMARTS) is 1. The van der Waals surface area contributed by atoms with Gasteiger partial charge < -0.3 is 25.4 Å². The van der Waals surface area contributed by atoms with Crippen molar-refractivity contribution < 1.29 is 29.0 Å². The summed E-state index contributed by atoms with van der Waals surface area (Å²) in [6.07, 6.45) is 3.64. The molecule has 1 aliphatic heterocycles. The van der Waals surface area contributed by atoms with E-state index < -0.39 is 12.0 Å². The quantitative estimate of drug-likeness (QED) is 0.328. The smallest absolute Gasteiger partial charge is 0.325 e. The average Bonchev–Trinajstić information content (AvgIpc) is 3.06. The van der Waals surface area contributed by atoms with Gasteiger partial charge in [-0.3, -0.25) is 19.2 Å². The molecule has 3 aromatic carbocycles. The van der Waals surface area contributed by atoms with Crippen LogP contribution in [-0.4, -0.2) is 66.5 Å². The highest BCUT2D eigenvalue weighted by molar-refractivity contribution is 5.97. The molecule has 1 saturated heterocycles. The Balaban J connectivity index is 0.000000488. The highest BCUT2D eigenvalue weighted by Crippen LogP contribution is 2.47. The van der Waals surface area contributed by atoms with Crippen LogP contribution in [0.3, 0.4) is 0 Å². The largest absolute Gasteiger partial charge is 0.496 e. The molecule has 9 nitrogen and oxygen atoms in total. The Morgan fingerprint density at radius 1 is 0.955 bits per heavy atom. The van der Waals surface area contributed by atoms with Crippen LogP contribution in [0.4, 0.5) is 0 Å². The molecule has 0 saturated carbocycles. The third-order valence-electron chi connectivity index (χ3n) is 8.75. The molecule has 44 heavy (non-hydrogen) atoms. The highest BCUT2D eigenvalue weighted by atomic mass is 16.5. The first-order valence-electron chi connectivity index (χ1n) is 15.0. The van der Waals surface area contributed by atoms with Crippen molar-refractivity contribution in [2.24, 2.45) is 0 Å². The number of rotatable bonds is 8. The van der Waals surface area contributed by atoms with Crippen LogP contribution in [-0.2, 0) is 19.8 Å². The summed E-state index contributed by atoms with van der Waals surface area (Å²) in [5, 5.41) is 13.3. The third kappa shape index (κ3) is 7.27. The van der Waals surface area contributed by atoms with E-state index in [4.69, 9.17) is 9.84 Å². The Bertz CT molecular complexity index is 1450. The molecule has 0 aromatic heterocycles. The second kappa shape index (κ2) is 14.7. The number of methoxy groups -OCH3 is 1. The van der Waals surface area contributed by atoms with Crippen LogP contribution in [0.5, 0.6) is 5.75 Å². The molecule has 5 rings (SSSR count). The minimum atomic E-state index is -1.03. The molecule has 1 fully saturated rings. The number of carboxylic acids is 1. The fourth-order valence-corrected chi connectivity index (χ4v) is 6.12. The summed E-state index contributed by atoms with van der Waals surface area (Å²) < 4.78 is 5.33. The maximum atomic E-state index is 13.7. The van der Waals surface area contributed by atoms with Crippen molar-refractivity contribution in [2.45, 2.75) is 62.9 Å². The van der Waals surface area contributed by atoms with Gasteiger partial charge in [0.1, 0.15) is 11.8 Å². The summed E-state index contributed by atoms with van der Waals surface area (Å²) in [5.41, 5.74) is 4.17. The zero-order chi connectivity index (χ0) is 31.7. The number of amides is 3. The van der Waals surface area contributed by atoms with Gasteiger partial charge in [-0.15, -0.1) is 0 Å². The number of para-hydroxylation sites is 1. The Labute approximate surface area is 258 Å². The maximum absolute atomic E-state index is 13.7. The third-order valence-corrected chi connectivity index (χ3v) is 8.75. The lowest BCUT2D eigenvalue weighted by Gasteiger charge is -2.42. The number of carbonyl (C=O) groups excluding carboxylic acids is 3. The van der Waals surface area contributed by atoms with Gasteiger partial charge in [-0.05, 0) is 61.4 Å². The number of hydrogen-bond acceptors (Lipinski definition) is 5. The van der Waals surface area contributed by atoms with Gasteiger partial charge in [0, 0.05) is 24.5 Å². The molecule has 0 unspecified atom stereocenters. The zero-order valence-electron chi connectivity index (χ0n) is 25.5. The Morgan fingerprint density at radius 3 is 2.23 bits per heavy atom. The van der Waals surface area contributed by atoms with Crippen LogP contribution in [0.2, 0.25) is 0 Å². The number of benzene rings is 3. The molecule has 1 aliphatic carbocycles. The molecular weight excluding hydrogens is 558 g/mol. The lowest BCUT2D eigenvalue weighted by Crippen LogP contribution is -2.48. The van der Waals surface area contributed by atoms with Crippen molar-refractivity contribution in [3.63, 3.8) is 0 Å². The Morgan fingerprint density at radius 2 is 1.59 bits per heavy atom. The topological polar surface area (TPSA) is 125 Å². The summed E-state index contributed by atoms with van der Waals surface area (Å²) >= 11 is 0. The predicted molar refractivity (Wildman–Crippen MR) is 168 cm³/mol. The molecule has 0 spiro atoms. The first-order chi connectivity index (χ1) is 21.2. The first kappa shape index (κ1) is 32.3. The maximum Gasteiger partial charge on any atom is 0.325 e. The number of ether oxygens (including phenoxy) is 1. The SMILES string of the molecule is COc1ccccc1C(=O)NC1CCN(C(=O)[C@H]2CC[C@@](C)(c3ccccc3)c3ccccc32)CC1.C[C@H](NC=O)C(=O)O. The van der Waals surface area contributed by atoms with Gasteiger partial charge in [-0.2, -0.15) is 0 Å². The molecule has 1 heterocycles. The molecule has 3 N–H and O–H groups in total. The lowest BCUT2D eigenvalue weighted by atomic mass is 9.64. The minimum Gasteiger partial charge on any atom is -0.496 e. The number of carbonyl (C=O) groups is 4. The van der Waals surface area contributed by atoms with E-state index in [1.54, 1.807) is 19.2 Å². The van der Waals surface area contributed by atoms with E-state index in [0.29, 0.717) is 30.8 Å². The normalized spacial score (nSPS) is 20.2. The van der Waals surface area contributed by atoms with E-state index in [-0.39, 0.29) is 29.2 Å². The molecule has 0 bridgehead atoms. The van der Waals surface area contributed by atoms with Gasteiger partial charge in [-0.25, -0.2) is 0 Å². The molecule has 0 radical (unpaired) electrons. The van der Waals surface area contributed by atoms with E-state index in [1.165, 1.54) is 18.1 Å². The van der Waals surface area contributed by atoms with Crippen molar-refractivity contribution in [2.75, 3.05) is 20.2 Å². The van der Waals surface area contributed by atoms with Crippen molar-refractivity contribution in [1.82, 2.24) is 15.5 Å². The summed E-state index contributed by atoms with van der Waals surface area (Å²) in [6, 6.07) is 25.6. The van der Waals surface area contributed by atoms with E-state index in [2.05, 4.69) is 72.2 Å². The molecule has 3 aromatic rings. The Kier molecular flexibility index (Phi) is 10.8. The van der Waals surface area contributed by atoms with Gasteiger partial charge in [-0.1, -0.05) is 73.7 Å². The first-order valence-corrected chi connectivity index (χ1v) is 15.0. The summed E-state index contributed by atoms with van der Waals surface area (Å²) in [6.45, 7) is 5.00. The summed E-state index contributed by atoms with van der Waals surface area (Å²) in [7, 11) is 1.57. The summed E-state index contributed by atoms with van der Waals surface area (Å²) in [5.74, 6) is -0.485. The second-order valence-corrected chi connectivity index (χ2v) is 11.5. The van der Waals surface area contributed by atoms with Gasteiger partial charge in [0.2, 0.25) is 12.3 Å². The fraction of sp³-hybridized carbons (Fsp3) is 0.371. The van der Waals surface area contributed by atoms with Crippen molar-refractivity contribution >= 4 is 24.2 Å². The molecule has 2 aliphatic rings. The van der Waals surface area contributed by atoms with Crippen molar-refractivity contribution in [1.29, 1.82) is 0 Å². The van der Waals surface area contributed by atoms with Crippen LogP contribution in [0.25, 0.3) is 0 Å². The van der Waals surface area contributed by atoms with Crippen LogP contribution < -0.4 is 15.4 Å². The van der Waals surface area contributed by atoms with Crippen LogP contribution in [0.1, 0.15) is 72.5 Å². The number of hydrogen-bond donors (Lipinski definition) is 3. The predicted octanol–water partition coefficient (Wildman–Crippen LogP) is 4.51. The number of nitrogens with one attached hydrogen (secondary N) is 2. The van der Waals surface area contributed by atoms with E-state index in [1.807, 2.05) is 17.0 Å². The van der Waals surface area contributed by atoms with Gasteiger partial charge >= 0.3 is 5.97 Å². The molecule has 3 atom stereocenters.